The Bertz CT molecular complexity index is 1600. The lowest BCUT2D eigenvalue weighted by atomic mass is 10.2. The number of benzene rings is 2. The van der Waals surface area contributed by atoms with E-state index in [-0.39, 0.29) is 16.3 Å². The highest BCUT2D eigenvalue weighted by Gasteiger charge is 2.23. The van der Waals surface area contributed by atoms with Crippen molar-refractivity contribution in [3.8, 4) is 17.7 Å². The van der Waals surface area contributed by atoms with Crippen molar-refractivity contribution in [2.45, 2.75) is 18.7 Å². The van der Waals surface area contributed by atoms with Crippen LogP contribution in [0.4, 0.5) is 0 Å². The zero-order chi connectivity index (χ0) is 23.6. The highest BCUT2D eigenvalue weighted by molar-refractivity contribution is 7.95. The zero-order valence-corrected chi connectivity index (χ0v) is 18.7. The minimum Gasteiger partial charge on any atom is -0.438 e. The molecule has 0 N–H and O–H groups in total. The number of hydrogen-bond acceptors (Lipinski definition) is 6. The number of aryl methyl sites for hydroxylation is 2. The third-order valence-electron chi connectivity index (χ3n) is 4.98. The molecule has 0 aliphatic rings. The summed E-state index contributed by atoms with van der Waals surface area (Å²) in [6.45, 7) is 3.69. The number of rotatable bonds is 5. The summed E-state index contributed by atoms with van der Waals surface area (Å²) in [5.74, 6) is 0.342. The van der Waals surface area contributed by atoms with Crippen molar-refractivity contribution >= 4 is 21.6 Å². The van der Waals surface area contributed by atoms with Crippen LogP contribution in [0.2, 0.25) is 0 Å². The molecule has 0 atom stereocenters. The maximum absolute atomic E-state index is 13.4. The number of allylic oxidation sites excluding steroid dienone is 1. The maximum atomic E-state index is 13.4. The summed E-state index contributed by atoms with van der Waals surface area (Å²) in [7, 11) is -4.16. The molecule has 4 aromatic rings. The summed E-state index contributed by atoms with van der Waals surface area (Å²) in [5, 5.41) is 9.68. The first-order chi connectivity index (χ1) is 15.8. The number of nitriles is 1. The number of fused-ring (bicyclic) bond motifs is 1. The van der Waals surface area contributed by atoms with Gasteiger partial charge >= 0.3 is 0 Å². The van der Waals surface area contributed by atoms with Gasteiger partial charge in [0.2, 0.25) is 15.7 Å². The Morgan fingerprint density at radius 2 is 1.82 bits per heavy atom. The van der Waals surface area contributed by atoms with Crippen molar-refractivity contribution in [3.05, 3.63) is 105 Å². The second-order valence-corrected chi connectivity index (χ2v) is 9.29. The molecule has 0 radical (unpaired) electrons. The van der Waals surface area contributed by atoms with Crippen LogP contribution in [0.5, 0.6) is 11.6 Å². The average Bonchev–Trinajstić information content (AvgIpc) is 2.80. The molecular weight excluding hydrogens is 438 g/mol. The van der Waals surface area contributed by atoms with Gasteiger partial charge in [-0.05, 0) is 61.4 Å². The fourth-order valence-corrected chi connectivity index (χ4v) is 4.47. The van der Waals surface area contributed by atoms with Crippen LogP contribution < -0.4 is 10.3 Å². The van der Waals surface area contributed by atoms with E-state index in [1.165, 1.54) is 22.7 Å². The van der Waals surface area contributed by atoms with E-state index < -0.39 is 20.3 Å². The first kappa shape index (κ1) is 22.0. The van der Waals surface area contributed by atoms with Crippen LogP contribution in [0.15, 0.2) is 87.5 Å². The van der Waals surface area contributed by atoms with Gasteiger partial charge in [0.15, 0.2) is 0 Å². The first-order valence-electron chi connectivity index (χ1n) is 9.99. The summed E-state index contributed by atoms with van der Waals surface area (Å²) in [6, 6.07) is 19.9. The second-order valence-electron chi connectivity index (χ2n) is 7.38. The highest BCUT2D eigenvalue weighted by atomic mass is 32.2. The van der Waals surface area contributed by atoms with E-state index in [1.807, 2.05) is 13.0 Å². The Labute approximate surface area is 190 Å². The predicted octanol–water partition coefficient (Wildman–Crippen LogP) is 4.44. The summed E-state index contributed by atoms with van der Waals surface area (Å²) >= 11 is 0. The van der Waals surface area contributed by atoms with E-state index >= 15 is 0 Å². The Balaban J connectivity index is 1.98. The molecule has 0 aliphatic carbocycles. The topological polar surface area (TPSA) is 102 Å². The van der Waals surface area contributed by atoms with Crippen molar-refractivity contribution in [2.75, 3.05) is 0 Å². The molecule has 0 saturated heterocycles. The number of pyridine rings is 1. The van der Waals surface area contributed by atoms with Gasteiger partial charge in [0.05, 0.1) is 4.90 Å². The fourth-order valence-electron chi connectivity index (χ4n) is 3.31. The first-order valence-corrected chi connectivity index (χ1v) is 11.5. The minimum atomic E-state index is -4.16. The van der Waals surface area contributed by atoms with Gasteiger partial charge in [0.25, 0.3) is 5.56 Å². The van der Waals surface area contributed by atoms with E-state index in [4.69, 9.17) is 4.74 Å². The zero-order valence-electron chi connectivity index (χ0n) is 17.9. The summed E-state index contributed by atoms with van der Waals surface area (Å²) in [5.41, 5.74) is 1.34. The molecule has 33 heavy (non-hydrogen) atoms. The maximum Gasteiger partial charge on any atom is 0.269 e. The molecule has 2 aromatic heterocycles. The number of aromatic nitrogens is 2. The predicted molar refractivity (Wildman–Crippen MR) is 125 cm³/mol. The summed E-state index contributed by atoms with van der Waals surface area (Å²) in [4.78, 5) is 17.2. The van der Waals surface area contributed by atoms with Crippen LogP contribution in [-0.2, 0) is 9.84 Å². The van der Waals surface area contributed by atoms with E-state index in [2.05, 4.69) is 4.98 Å². The van der Waals surface area contributed by atoms with Crippen molar-refractivity contribution in [3.63, 3.8) is 0 Å². The molecule has 2 heterocycles. The quantitative estimate of drug-likeness (QED) is 0.411. The van der Waals surface area contributed by atoms with Gasteiger partial charge in [-0.1, -0.05) is 36.4 Å². The van der Waals surface area contributed by atoms with Crippen LogP contribution in [-0.4, -0.2) is 17.8 Å². The van der Waals surface area contributed by atoms with Crippen molar-refractivity contribution < 1.29 is 13.2 Å². The van der Waals surface area contributed by atoms with Crippen molar-refractivity contribution in [1.29, 1.82) is 5.26 Å². The summed E-state index contributed by atoms with van der Waals surface area (Å²) in [6.07, 6.45) is 2.56. The van der Waals surface area contributed by atoms with E-state index in [0.717, 1.165) is 17.2 Å². The molecule has 0 saturated carbocycles. The van der Waals surface area contributed by atoms with Crippen LogP contribution in [0.25, 0.3) is 11.7 Å². The molecule has 0 spiro atoms. The van der Waals surface area contributed by atoms with Crippen molar-refractivity contribution in [1.82, 2.24) is 9.38 Å². The minimum absolute atomic E-state index is 0.0522. The molecule has 0 amide bonds. The van der Waals surface area contributed by atoms with Crippen LogP contribution in [0.3, 0.4) is 0 Å². The molecule has 8 heteroatoms. The Kier molecular flexibility index (Phi) is 5.82. The Hall–Kier alpha value is -4.22. The molecule has 164 valence electrons. The van der Waals surface area contributed by atoms with E-state index in [9.17, 15) is 18.5 Å². The van der Waals surface area contributed by atoms with Gasteiger partial charge in [0, 0.05) is 6.20 Å². The van der Waals surface area contributed by atoms with Gasteiger partial charge in [-0.15, -0.1) is 0 Å². The lowest BCUT2D eigenvalue weighted by Crippen LogP contribution is -2.20. The highest BCUT2D eigenvalue weighted by Crippen LogP contribution is 2.27. The fraction of sp³-hybridized carbons (Fsp3) is 0.0800. The van der Waals surface area contributed by atoms with Gasteiger partial charge < -0.3 is 4.74 Å². The van der Waals surface area contributed by atoms with Crippen molar-refractivity contribution in [2.24, 2.45) is 0 Å². The molecule has 2 aromatic carbocycles. The molecule has 0 bridgehead atoms. The normalized spacial score (nSPS) is 11.8. The molecule has 4 rings (SSSR count). The standard InChI is InChI=1S/C25H19N3O4S/c1-17-8-6-10-19(14-17)32-24-22(25(29)28-13-7-9-18(2)23(28)27-24)15-21(16-26)33(30,31)20-11-4-3-5-12-20/h3-15H,1-2H3/b21-15-. The van der Waals surface area contributed by atoms with E-state index in [1.54, 1.807) is 61.5 Å². The smallest absolute Gasteiger partial charge is 0.269 e. The number of ether oxygens (including phenoxy) is 1. The summed E-state index contributed by atoms with van der Waals surface area (Å²) < 4.78 is 33.3. The monoisotopic (exact) mass is 457 g/mol. The third kappa shape index (κ3) is 4.27. The van der Waals surface area contributed by atoms with Gasteiger partial charge in [0.1, 0.15) is 27.9 Å². The molecule has 0 fully saturated rings. The van der Waals surface area contributed by atoms with Crippen LogP contribution in [0, 0.1) is 25.2 Å². The molecule has 0 aliphatic heterocycles. The third-order valence-corrected chi connectivity index (χ3v) is 6.66. The lowest BCUT2D eigenvalue weighted by Gasteiger charge is -2.12. The van der Waals surface area contributed by atoms with Crippen LogP contribution >= 0.6 is 0 Å². The number of hydrogen-bond donors (Lipinski definition) is 0. The van der Waals surface area contributed by atoms with Gasteiger partial charge in [-0.25, -0.2) is 8.42 Å². The molecule has 0 unspecified atom stereocenters. The Morgan fingerprint density at radius 1 is 1.06 bits per heavy atom. The SMILES string of the molecule is Cc1cccc(Oc2nc3c(C)cccn3c(=O)c2/C=C(/C#N)S(=O)(=O)c2ccccc2)c1. The van der Waals surface area contributed by atoms with Gasteiger partial charge in [-0.3, -0.25) is 9.20 Å². The number of nitrogens with zero attached hydrogens (tertiary/aromatic N) is 3. The van der Waals surface area contributed by atoms with Crippen LogP contribution in [0.1, 0.15) is 16.7 Å². The average molecular weight is 458 g/mol. The number of sulfone groups is 1. The van der Waals surface area contributed by atoms with E-state index in [0.29, 0.717) is 11.4 Å². The Morgan fingerprint density at radius 3 is 2.52 bits per heavy atom. The second kappa shape index (κ2) is 8.73. The molecular formula is C25H19N3O4S. The largest absolute Gasteiger partial charge is 0.438 e. The lowest BCUT2D eigenvalue weighted by molar-refractivity contribution is 0.460. The molecule has 7 nitrogen and oxygen atoms in total. The van der Waals surface area contributed by atoms with Gasteiger partial charge in [-0.2, -0.15) is 10.2 Å².